The van der Waals surface area contributed by atoms with Crippen molar-refractivity contribution >= 4 is 30.6 Å². The number of likely N-dealkylation sites (N-methyl/N-ethyl adjacent to an activating group) is 1. The molecule has 0 amide bonds. The van der Waals surface area contributed by atoms with E-state index < -0.39 is 0 Å². The number of halogens is 4. The maximum Gasteiger partial charge on any atom is 0.162 e. The molecule has 3 rings (SSSR count). The zero-order valence-electron chi connectivity index (χ0n) is 18.3. The number of benzene rings is 2. The third-order valence-corrected chi connectivity index (χ3v) is 5.56. The van der Waals surface area contributed by atoms with E-state index in [1.165, 1.54) is 24.3 Å². The number of ether oxygens (including phenoxy) is 1. The number of hydrogen-bond donors (Lipinski definition) is 0. The van der Waals surface area contributed by atoms with Gasteiger partial charge >= 0.3 is 0 Å². The van der Waals surface area contributed by atoms with Crippen molar-refractivity contribution in [3.63, 3.8) is 0 Å². The number of likely N-dealkylation sites (tertiary alicyclic amines) is 1. The summed E-state index contributed by atoms with van der Waals surface area (Å²) >= 11 is 0. The summed E-state index contributed by atoms with van der Waals surface area (Å²) in [7, 11) is 2.08. The molecule has 0 bridgehead atoms. The minimum atomic E-state index is -0.322. The van der Waals surface area contributed by atoms with E-state index in [4.69, 9.17) is 4.74 Å². The predicted octanol–water partition coefficient (Wildman–Crippen LogP) is 5.25. The fraction of sp³-hybridized carbons (Fsp3) is 0.458. The van der Waals surface area contributed by atoms with Crippen molar-refractivity contribution in [3.8, 4) is 5.75 Å². The number of carbonyl (C=O) groups is 1. The lowest BCUT2D eigenvalue weighted by atomic mass is 10.1. The van der Waals surface area contributed by atoms with E-state index in [9.17, 15) is 13.6 Å². The molecular formula is C24H32Cl2F2N2O2. The predicted molar refractivity (Wildman–Crippen MR) is 128 cm³/mol. The number of rotatable bonds is 10. The van der Waals surface area contributed by atoms with Gasteiger partial charge in [-0.3, -0.25) is 4.79 Å². The Labute approximate surface area is 201 Å². The van der Waals surface area contributed by atoms with Crippen LogP contribution in [0.4, 0.5) is 8.78 Å². The first-order chi connectivity index (χ1) is 14.5. The van der Waals surface area contributed by atoms with E-state index in [-0.39, 0.29) is 48.3 Å². The van der Waals surface area contributed by atoms with E-state index in [0.29, 0.717) is 12.0 Å². The number of ketones is 1. The number of piperidine rings is 1. The van der Waals surface area contributed by atoms with Crippen molar-refractivity contribution in [2.45, 2.75) is 31.8 Å². The first-order valence-corrected chi connectivity index (χ1v) is 10.6. The Morgan fingerprint density at radius 3 is 2.12 bits per heavy atom. The van der Waals surface area contributed by atoms with Gasteiger partial charge in [-0.05, 0) is 81.4 Å². The van der Waals surface area contributed by atoms with Crippen molar-refractivity contribution in [3.05, 3.63) is 65.7 Å². The standard InChI is InChI=1S/C24H30F2N2O2.2ClH/c1-27(14-2-3-24(29)19-4-6-20(25)7-5-19)17-18-28-15-12-23(13-16-28)30-22-10-8-21(26)9-11-22;;/h4-11,23H,2-3,12-18H2,1H3;2*1H. The zero-order valence-corrected chi connectivity index (χ0v) is 20.0. The highest BCUT2D eigenvalue weighted by Gasteiger charge is 2.20. The van der Waals surface area contributed by atoms with Crippen molar-refractivity contribution < 1.29 is 18.3 Å². The summed E-state index contributed by atoms with van der Waals surface area (Å²) < 4.78 is 31.9. The Balaban J connectivity index is 0.00000256. The summed E-state index contributed by atoms with van der Waals surface area (Å²) in [4.78, 5) is 16.8. The molecule has 1 saturated heterocycles. The van der Waals surface area contributed by atoms with Gasteiger partial charge in [0.2, 0.25) is 0 Å². The second-order valence-corrected chi connectivity index (χ2v) is 7.95. The lowest BCUT2D eigenvalue weighted by molar-refractivity contribution is 0.0938. The van der Waals surface area contributed by atoms with Crippen molar-refractivity contribution in [1.82, 2.24) is 9.80 Å². The van der Waals surface area contributed by atoms with Crippen LogP contribution in [0.25, 0.3) is 0 Å². The number of nitrogens with zero attached hydrogens (tertiary/aromatic N) is 2. The van der Waals surface area contributed by atoms with Gasteiger partial charge in [-0.25, -0.2) is 8.78 Å². The first kappa shape index (κ1) is 28.3. The molecule has 0 saturated carbocycles. The van der Waals surface area contributed by atoms with E-state index in [1.807, 2.05) is 0 Å². The van der Waals surface area contributed by atoms with Gasteiger partial charge in [0, 0.05) is 38.2 Å². The maximum absolute atomic E-state index is 13.0. The highest BCUT2D eigenvalue weighted by molar-refractivity contribution is 5.95. The van der Waals surface area contributed by atoms with Crippen LogP contribution in [0.3, 0.4) is 0 Å². The van der Waals surface area contributed by atoms with Crippen molar-refractivity contribution in [2.24, 2.45) is 0 Å². The van der Waals surface area contributed by atoms with Crippen molar-refractivity contribution in [2.75, 3.05) is 39.8 Å². The average molecular weight is 489 g/mol. The molecule has 0 atom stereocenters. The highest BCUT2D eigenvalue weighted by atomic mass is 35.5. The third-order valence-electron chi connectivity index (χ3n) is 5.56. The lowest BCUT2D eigenvalue weighted by Crippen LogP contribution is -2.41. The van der Waals surface area contributed by atoms with Gasteiger partial charge in [0.25, 0.3) is 0 Å². The SMILES string of the molecule is CN(CCCC(=O)c1ccc(F)cc1)CCN1CCC(Oc2ccc(F)cc2)CC1.Cl.Cl. The largest absolute Gasteiger partial charge is 0.490 e. The summed E-state index contributed by atoms with van der Waals surface area (Å²) in [5.41, 5.74) is 0.574. The monoisotopic (exact) mass is 488 g/mol. The molecule has 32 heavy (non-hydrogen) atoms. The molecule has 0 unspecified atom stereocenters. The molecule has 0 radical (unpaired) electrons. The topological polar surface area (TPSA) is 32.8 Å². The molecule has 0 N–H and O–H groups in total. The van der Waals surface area contributed by atoms with Gasteiger partial charge in [0.1, 0.15) is 23.5 Å². The number of hydrogen-bond acceptors (Lipinski definition) is 4. The number of Topliss-reactive ketones (excluding diaryl/α,β-unsaturated/α-hetero) is 1. The summed E-state index contributed by atoms with van der Waals surface area (Å²) in [5, 5.41) is 0. The molecule has 1 aliphatic heterocycles. The molecule has 0 spiro atoms. The molecule has 178 valence electrons. The molecule has 2 aromatic carbocycles. The molecular weight excluding hydrogens is 457 g/mol. The van der Waals surface area contributed by atoms with Crippen molar-refractivity contribution in [1.29, 1.82) is 0 Å². The first-order valence-electron chi connectivity index (χ1n) is 10.6. The van der Waals surface area contributed by atoms with Crippen LogP contribution in [0, 0.1) is 11.6 Å². The molecule has 4 nitrogen and oxygen atoms in total. The lowest BCUT2D eigenvalue weighted by Gasteiger charge is -2.33. The van der Waals surface area contributed by atoms with Gasteiger partial charge in [-0.2, -0.15) is 0 Å². The second-order valence-electron chi connectivity index (χ2n) is 7.95. The fourth-order valence-corrected chi connectivity index (χ4v) is 3.67. The molecule has 1 aliphatic rings. The van der Waals surface area contributed by atoms with E-state index in [0.717, 1.165) is 57.7 Å². The Hall–Kier alpha value is -1.73. The molecule has 1 heterocycles. The van der Waals surface area contributed by atoms with Crippen LogP contribution < -0.4 is 4.74 Å². The van der Waals surface area contributed by atoms with Crippen LogP contribution in [-0.4, -0.2) is 61.5 Å². The van der Waals surface area contributed by atoms with Gasteiger partial charge in [0.05, 0.1) is 0 Å². The van der Waals surface area contributed by atoms with E-state index >= 15 is 0 Å². The fourth-order valence-electron chi connectivity index (χ4n) is 3.67. The quantitative estimate of drug-likeness (QED) is 0.427. The Bertz CT molecular complexity index is 799. The summed E-state index contributed by atoms with van der Waals surface area (Å²) in [6.45, 7) is 4.78. The minimum Gasteiger partial charge on any atom is -0.490 e. The van der Waals surface area contributed by atoms with E-state index in [2.05, 4.69) is 16.8 Å². The van der Waals surface area contributed by atoms with Gasteiger partial charge in [-0.15, -0.1) is 24.8 Å². The zero-order chi connectivity index (χ0) is 21.3. The molecule has 0 aliphatic carbocycles. The van der Waals surface area contributed by atoms with Gasteiger partial charge in [0.15, 0.2) is 5.78 Å². The summed E-state index contributed by atoms with van der Waals surface area (Å²) in [6, 6.07) is 12.0. The van der Waals surface area contributed by atoms with Gasteiger partial charge in [-0.1, -0.05) is 0 Å². The average Bonchev–Trinajstić information content (AvgIpc) is 2.75. The minimum absolute atomic E-state index is 0. The second kappa shape index (κ2) is 14.4. The van der Waals surface area contributed by atoms with Crippen LogP contribution in [0.5, 0.6) is 5.75 Å². The third kappa shape index (κ3) is 9.41. The Morgan fingerprint density at radius 2 is 1.53 bits per heavy atom. The smallest absolute Gasteiger partial charge is 0.162 e. The Morgan fingerprint density at radius 1 is 0.969 bits per heavy atom. The van der Waals surface area contributed by atoms with Crippen LogP contribution in [-0.2, 0) is 0 Å². The van der Waals surface area contributed by atoms with Crippen LogP contribution in [0.1, 0.15) is 36.0 Å². The maximum atomic E-state index is 13.0. The molecule has 8 heteroatoms. The van der Waals surface area contributed by atoms with E-state index in [1.54, 1.807) is 24.3 Å². The van der Waals surface area contributed by atoms with Crippen LogP contribution in [0.2, 0.25) is 0 Å². The molecule has 1 fully saturated rings. The highest BCUT2D eigenvalue weighted by Crippen LogP contribution is 2.19. The normalized spacial score (nSPS) is 14.5. The molecule has 0 aromatic heterocycles. The Kier molecular flexibility index (Phi) is 12.8. The summed E-state index contributed by atoms with van der Waals surface area (Å²) in [6.07, 6.45) is 3.38. The van der Waals surface area contributed by atoms with Crippen LogP contribution >= 0.6 is 24.8 Å². The summed E-state index contributed by atoms with van der Waals surface area (Å²) in [5.74, 6) is 0.217. The molecule has 2 aromatic rings. The van der Waals surface area contributed by atoms with Gasteiger partial charge < -0.3 is 14.5 Å². The van der Waals surface area contributed by atoms with Crippen LogP contribution in [0.15, 0.2) is 48.5 Å². The number of carbonyl (C=O) groups excluding carboxylic acids is 1.